The van der Waals surface area contributed by atoms with Crippen LogP contribution in [0.25, 0.3) is 0 Å². The smallest absolute Gasteiger partial charge is 0.0847 e. The molecule has 0 aliphatic carbocycles. The molecule has 0 unspecified atom stereocenters. The van der Waals surface area contributed by atoms with Crippen molar-refractivity contribution in [3.63, 3.8) is 0 Å². The second-order valence-electron chi connectivity index (χ2n) is 3.83. The van der Waals surface area contributed by atoms with Crippen LogP contribution in [-0.2, 0) is 13.5 Å². The minimum Gasteiger partial charge on any atom is -0.314 e. The maximum atomic E-state index is 6.12. The van der Waals surface area contributed by atoms with Gasteiger partial charge in [-0.25, -0.2) is 0 Å². The van der Waals surface area contributed by atoms with Crippen molar-refractivity contribution in [3.05, 3.63) is 16.4 Å². The van der Waals surface area contributed by atoms with Gasteiger partial charge in [-0.2, -0.15) is 5.10 Å². The van der Waals surface area contributed by atoms with E-state index >= 15 is 0 Å². The van der Waals surface area contributed by atoms with Gasteiger partial charge in [0.2, 0.25) is 0 Å². The highest BCUT2D eigenvalue weighted by Gasteiger charge is 2.10. The Morgan fingerprint density at radius 3 is 2.57 bits per heavy atom. The molecule has 0 radical (unpaired) electrons. The van der Waals surface area contributed by atoms with Crippen molar-refractivity contribution in [1.29, 1.82) is 0 Å². The molecule has 0 saturated carbocycles. The van der Waals surface area contributed by atoms with Gasteiger partial charge in [-0.3, -0.25) is 4.68 Å². The Kier molecular flexibility index (Phi) is 3.96. The van der Waals surface area contributed by atoms with Crippen molar-refractivity contribution in [2.45, 2.75) is 33.2 Å². The zero-order chi connectivity index (χ0) is 10.7. The Morgan fingerprint density at radius 1 is 1.50 bits per heavy atom. The van der Waals surface area contributed by atoms with Gasteiger partial charge >= 0.3 is 0 Å². The minimum atomic E-state index is 0.517. The Hall–Kier alpha value is -0.540. The van der Waals surface area contributed by atoms with Crippen LogP contribution in [0, 0.1) is 6.92 Å². The third-order valence-electron chi connectivity index (χ3n) is 2.18. The molecular formula is C10H18ClN3. The lowest BCUT2D eigenvalue weighted by Gasteiger charge is -2.08. The molecule has 0 bridgehead atoms. The summed E-state index contributed by atoms with van der Waals surface area (Å²) >= 11 is 6.12. The van der Waals surface area contributed by atoms with Gasteiger partial charge in [-0.1, -0.05) is 25.4 Å². The summed E-state index contributed by atoms with van der Waals surface area (Å²) in [5.41, 5.74) is 2.02. The molecule has 80 valence electrons. The van der Waals surface area contributed by atoms with Gasteiger partial charge in [-0.05, 0) is 6.92 Å². The molecule has 1 heterocycles. The molecule has 0 aliphatic rings. The van der Waals surface area contributed by atoms with Crippen LogP contribution in [0.5, 0.6) is 0 Å². The molecule has 0 spiro atoms. The highest BCUT2D eigenvalue weighted by atomic mass is 35.5. The van der Waals surface area contributed by atoms with Crippen molar-refractivity contribution in [2.24, 2.45) is 7.05 Å². The van der Waals surface area contributed by atoms with Gasteiger partial charge < -0.3 is 5.32 Å². The number of nitrogens with one attached hydrogen (secondary N) is 1. The number of hydrogen-bond donors (Lipinski definition) is 1. The quantitative estimate of drug-likeness (QED) is 0.832. The largest absolute Gasteiger partial charge is 0.314 e. The summed E-state index contributed by atoms with van der Waals surface area (Å²) in [4.78, 5) is 0. The average Bonchev–Trinajstić information content (AvgIpc) is 2.31. The first-order valence-electron chi connectivity index (χ1n) is 4.93. The van der Waals surface area contributed by atoms with E-state index in [1.54, 1.807) is 0 Å². The molecule has 0 amide bonds. The molecule has 0 fully saturated rings. The fraction of sp³-hybridized carbons (Fsp3) is 0.700. The predicted octanol–water partition coefficient (Wildman–Crippen LogP) is 1.92. The zero-order valence-corrected chi connectivity index (χ0v) is 10.0. The Labute approximate surface area is 90.4 Å². The van der Waals surface area contributed by atoms with Crippen LogP contribution in [0.1, 0.15) is 25.2 Å². The standard InChI is InChI=1S/C10H18ClN3/c1-7(2)12-6-5-9-10(11)8(3)13-14(9)4/h7,12H,5-6H2,1-4H3. The molecule has 14 heavy (non-hydrogen) atoms. The van der Waals surface area contributed by atoms with Gasteiger partial charge in [0.1, 0.15) is 0 Å². The molecule has 1 rings (SSSR count). The lowest BCUT2D eigenvalue weighted by Crippen LogP contribution is -2.25. The first-order chi connectivity index (χ1) is 6.52. The highest BCUT2D eigenvalue weighted by Crippen LogP contribution is 2.19. The van der Waals surface area contributed by atoms with Crippen LogP contribution >= 0.6 is 11.6 Å². The number of aryl methyl sites for hydroxylation is 2. The number of hydrogen-bond acceptors (Lipinski definition) is 2. The third kappa shape index (κ3) is 2.72. The summed E-state index contributed by atoms with van der Waals surface area (Å²) in [7, 11) is 1.93. The van der Waals surface area contributed by atoms with E-state index in [0.29, 0.717) is 6.04 Å². The topological polar surface area (TPSA) is 29.9 Å². The molecule has 1 N–H and O–H groups in total. The van der Waals surface area contributed by atoms with Crippen molar-refractivity contribution in [3.8, 4) is 0 Å². The van der Waals surface area contributed by atoms with Crippen molar-refractivity contribution in [2.75, 3.05) is 6.54 Å². The van der Waals surface area contributed by atoms with Crippen LogP contribution in [0.3, 0.4) is 0 Å². The summed E-state index contributed by atoms with van der Waals surface area (Å²) in [6, 6.07) is 0.517. The van der Waals surface area contributed by atoms with E-state index in [9.17, 15) is 0 Å². The maximum absolute atomic E-state index is 6.12. The van der Waals surface area contributed by atoms with Gasteiger partial charge in [0.15, 0.2) is 0 Å². The van der Waals surface area contributed by atoms with E-state index < -0.39 is 0 Å². The molecule has 0 atom stereocenters. The van der Waals surface area contributed by atoms with E-state index in [0.717, 1.165) is 29.4 Å². The summed E-state index contributed by atoms with van der Waals surface area (Å²) in [5, 5.41) is 8.43. The van der Waals surface area contributed by atoms with Crippen LogP contribution in [-0.4, -0.2) is 22.4 Å². The van der Waals surface area contributed by atoms with Crippen LogP contribution in [0.4, 0.5) is 0 Å². The second kappa shape index (κ2) is 4.80. The van der Waals surface area contributed by atoms with E-state index in [4.69, 9.17) is 11.6 Å². The van der Waals surface area contributed by atoms with Crippen LogP contribution < -0.4 is 5.32 Å². The maximum Gasteiger partial charge on any atom is 0.0847 e. The summed E-state index contributed by atoms with van der Waals surface area (Å²) in [6.07, 6.45) is 0.925. The Balaban J connectivity index is 2.58. The normalized spacial score (nSPS) is 11.3. The monoisotopic (exact) mass is 215 g/mol. The van der Waals surface area contributed by atoms with E-state index in [1.165, 1.54) is 0 Å². The molecule has 0 aromatic carbocycles. The van der Waals surface area contributed by atoms with Gasteiger partial charge in [-0.15, -0.1) is 0 Å². The Bertz CT molecular complexity index is 305. The molecule has 0 aliphatic heterocycles. The van der Waals surface area contributed by atoms with E-state index in [1.807, 2.05) is 18.7 Å². The average molecular weight is 216 g/mol. The van der Waals surface area contributed by atoms with Crippen molar-refractivity contribution >= 4 is 11.6 Å². The third-order valence-corrected chi connectivity index (χ3v) is 2.67. The molecule has 1 aromatic rings. The Morgan fingerprint density at radius 2 is 2.14 bits per heavy atom. The summed E-state index contributed by atoms with van der Waals surface area (Å²) in [5.74, 6) is 0. The minimum absolute atomic E-state index is 0.517. The molecule has 1 aromatic heterocycles. The number of aromatic nitrogens is 2. The lowest BCUT2D eigenvalue weighted by atomic mass is 10.2. The summed E-state index contributed by atoms with van der Waals surface area (Å²) in [6.45, 7) is 7.14. The fourth-order valence-corrected chi connectivity index (χ4v) is 1.69. The van der Waals surface area contributed by atoms with Crippen LogP contribution in [0.15, 0.2) is 0 Å². The van der Waals surface area contributed by atoms with Gasteiger partial charge in [0.25, 0.3) is 0 Å². The molecule has 3 nitrogen and oxygen atoms in total. The van der Waals surface area contributed by atoms with Crippen molar-refractivity contribution in [1.82, 2.24) is 15.1 Å². The van der Waals surface area contributed by atoms with Crippen molar-refractivity contribution < 1.29 is 0 Å². The van der Waals surface area contributed by atoms with Gasteiger partial charge in [0, 0.05) is 26.1 Å². The number of nitrogens with zero attached hydrogens (tertiary/aromatic N) is 2. The highest BCUT2D eigenvalue weighted by molar-refractivity contribution is 6.31. The lowest BCUT2D eigenvalue weighted by molar-refractivity contribution is 0.575. The molecule has 4 heteroatoms. The van der Waals surface area contributed by atoms with E-state index in [-0.39, 0.29) is 0 Å². The second-order valence-corrected chi connectivity index (χ2v) is 4.21. The van der Waals surface area contributed by atoms with Gasteiger partial charge in [0.05, 0.1) is 16.4 Å². The zero-order valence-electron chi connectivity index (χ0n) is 9.26. The number of rotatable bonds is 4. The first-order valence-corrected chi connectivity index (χ1v) is 5.31. The van der Waals surface area contributed by atoms with E-state index in [2.05, 4.69) is 24.3 Å². The predicted molar refractivity (Wildman–Crippen MR) is 59.8 cm³/mol. The SMILES string of the molecule is Cc1nn(C)c(CCNC(C)C)c1Cl. The molecule has 0 saturated heterocycles. The first kappa shape index (κ1) is 11.5. The van der Waals surface area contributed by atoms with Crippen LogP contribution in [0.2, 0.25) is 5.02 Å². The molecular weight excluding hydrogens is 198 g/mol. The fourth-order valence-electron chi connectivity index (χ4n) is 1.43. The number of halogens is 1. The summed E-state index contributed by atoms with van der Waals surface area (Å²) < 4.78 is 1.86.